The molecule has 1 aromatic heterocycles. The molecule has 4 rings (SSSR count). The number of guanidine groups is 1. The smallest absolute Gasteiger partial charge is 0.225 e. The molecule has 2 aromatic carbocycles. The highest BCUT2D eigenvalue weighted by Crippen LogP contribution is 2.32. The summed E-state index contributed by atoms with van der Waals surface area (Å²) in [5.41, 5.74) is 3.24. The van der Waals surface area contributed by atoms with E-state index in [1.54, 1.807) is 18.4 Å². The van der Waals surface area contributed by atoms with Crippen LogP contribution in [0.2, 0.25) is 0 Å². The van der Waals surface area contributed by atoms with Crippen molar-refractivity contribution in [2.45, 2.75) is 25.8 Å². The summed E-state index contributed by atoms with van der Waals surface area (Å²) in [6.07, 6.45) is 0.472. The standard InChI is InChI=1S/C25H28N4O2S/c1-3-26-25(27-15-18-14-24(30)29-22-7-5-4-6-21(18)22)28-16-20-12-13-23(32-20)17-8-10-19(31-2)11-9-17/h4-13,18H,3,14-16H2,1-2H3,(H,29,30)(H2,26,27,28). The summed E-state index contributed by atoms with van der Waals surface area (Å²) < 4.78 is 5.24. The lowest BCUT2D eigenvalue weighted by atomic mass is 9.90. The molecule has 1 aliphatic heterocycles. The highest BCUT2D eigenvalue weighted by molar-refractivity contribution is 7.15. The van der Waals surface area contributed by atoms with Crippen LogP contribution in [0.1, 0.15) is 29.7 Å². The molecule has 2 heterocycles. The Hall–Kier alpha value is -3.32. The number of hydrogen-bond donors (Lipinski definition) is 3. The number of carbonyl (C=O) groups excluding carboxylic acids is 1. The fraction of sp³-hybridized carbons (Fsp3) is 0.280. The number of thiophene rings is 1. The zero-order valence-corrected chi connectivity index (χ0v) is 19.2. The summed E-state index contributed by atoms with van der Waals surface area (Å²) in [5, 5.41) is 9.68. The van der Waals surface area contributed by atoms with E-state index in [0.29, 0.717) is 19.5 Å². The van der Waals surface area contributed by atoms with Gasteiger partial charge < -0.3 is 20.7 Å². The minimum Gasteiger partial charge on any atom is -0.497 e. The first kappa shape index (κ1) is 21.9. The number of fused-ring (bicyclic) bond motifs is 1. The SMILES string of the molecule is CCNC(=NCc1ccc(-c2ccc(OC)cc2)s1)NCC1CC(=O)Nc2ccccc21. The number of carbonyl (C=O) groups is 1. The predicted octanol–water partition coefficient (Wildman–Crippen LogP) is 4.60. The fourth-order valence-corrected chi connectivity index (χ4v) is 4.71. The number of rotatable bonds is 7. The summed E-state index contributed by atoms with van der Waals surface area (Å²) in [6, 6.07) is 20.3. The number of aliphatic imine (C=N–C) groups is 1. The molecule has 1 aliphatic rings. The van der Waals surface area contributed by atoms with E-state index in [0.717, 1.165) is 29.5 Å². The van der Waals surface area contributed by atoms with Gasteiger partial charge in [0.15, 0.2) is 5.96 Å². The Balaban J connectivity index is 1.40. The first-order valence-corrected chi connectivity index (χ1v) is 11.6. The Morgan fingerprint density at radius 2 is 1.94 bits per heavy atom. The van der Waals surface area contributed by atoms with Crippen molar-refractivity contribution in [2.24, 2.45) is 4.99 Å². The van der Waals surface area contributed by atoms with Gasteiger partial charge in [0.1, 0.15) is 5.75 Å². The average molecular weight is 449 g/mol. The molecule has 3 N–H and O–H groups in total. The van der Waals surface area contributed by atoms with Gasteiger partial charge in [0.2, 0.25) is 5.91 Å². The molecule has 0 bridgehead atoms. The van der Waals surface area contributed by atoms with Crippen molar-refractivity contribution >= 4 is 28.9 Å². The summed E-state index contributed by atoms with van der Waals surface area (Å²) >= 11 is 1.74. The Kier molecular flexibility index (Phi) is 7.07. The van der Waals surface area contributed by atoms with Crippen molar-refractivity contribution in [3.8, 4) is 16.2 Å². The lowest BCUT2D eigenvalue weighted by Crippen LogP contribution is -2.40. The minimum atomic E-state index is 0.0575. The molecular formula is C25H28N4O2S. The van der Waals surface area contributed by atoms with Gasteiger partial charge in [-0.05, 0) is 60.5 Å². The second-order valence-electron chi connectivity index (χ2n) is 7.61. The van der Waals surface area contributed by atoms with Crippen molar-refractivity contribution < 1.29 is 9.53 Å². The number of anilines is 1. The molecular weight excluding hydrogens is 420 g/mol. The van der Waals surface area contributed by atoms with Crippen LogP contribution in [0.4, 0.5) is 5.69 Å². The van der Waals surface area contributed by atoms with Gasteiger partial charge in [0, 0.05) is 40.9 Å². The molecule has 1 atom stereocenters. The third-order valence-electron chi connectivity index (χ3n) is 5.40. The number of methoxy groups -OCH3 is 1. The molecule has 0 radical (unpaired) electrons. The van der Waals surface area contributed by atoms with Gasteiger partial charge in [-0.15, -0.1) is 11.3 Å². The van der Waals surface area contributed by atoms with Crippen LogP contribution >= 0.6 is 11.3 Å². The molecule has 0 saturated heterocycles. The second kappa shape index (κ2) is 10.3. The molecule has 7 heteroatoms. The maximum Gasteiger partial charge on any atom is 0.225 e. The molecule has 1 unspecified atom stereocenters. The molecule has 3 aromatic rings. The fourth-order valence-electron chi connectivity index (χ4n) is 3.78. The quantitative estimate of drug-likeness (QED) is 0.365. The topological polar surface area (TPSA) is 74.8 Å². The van der Waals surface area contributed by atoms with E-state index < -0.39 is 0 Å². The van der Waals surface area contributed by atoms with Crippen LogP contribution in [0.3, 0.4) is 0 Å². The number of benzene rings is 2. The van der Waals surface area contributed by atoms with E-state index >= 15 is 0 Å². The first-order chi connectivity index (χ1) is 15.7. The Bertz CT molecular complexity index is 1090. The van der Waals surface area contributed by atoms with Gasteiger partial charge >= 0.3 is 0 Å². The summed E-state index contributed by atoms with van der Waals surface area (Å²) in [4.78, 5) is 19.2. The summed E-state index contributed by atoms with van der Waals surface area (Å²) in [5.74, 6) is 1.79. The maximum atomic E-state index is 12.1. The van der Waals surface area contributed by atoms with E-state index in [-0.39, 0.29) is 11.8 Å². The van der Waals surface area contributed by atoms with Crippen molar-refractivity contribution in [2.75, 3.05) is 25.5 Å². The highest BCUT2D eigenvalue weighted by atomic mass is 32.1. The van der Waals surface area contributed by atoms with Gasteiger partial charge in [-0.1, -0.05) is 18.2 Å². The monoisotopic (exact) mass is 448 g/mol. The minimum absolute atomic E-state index is 0.0575. The van der Waals surface area contributed by atoms with Crippen LogP contribution in [0.15, 0.2) is 65.7 Å². The molecule has 6 nitrogen and oxygen atoms in total. The zero-order valence-electron chi connectivity index (χ0n) is 18.4. The largest absolute Gasteiger partial charge is 0.497 e. The number of nitrogens with one attached hydrogen (secondary N) is 3. The molecule has 166 valence electrons. The van der Waals surface area contributed by atoms with E-state index in [9.17, 15) is 4.79 Å². The normalized spacial score (nSPS) is 15.6. The number of para-hydroxylation sites is 1. The highest BCUT2D eigenvalue weighted by Gasteiger charge is 2.24. The van der Waals surface area contributed by atoms with Crippen molar-refractivity contribution in [3.05, 3.63) is 71.1 Å². The molecule has 1 amide bonds. The molecule has 0 saturated carbocycles. The lowest BCUT2D eigenvalue weighted by molar-refractivity contribution is -0.116. The number of ether oxygens (including phenoxy) is 1. The van der Waals surface area contributed by atoms with E-state index in [1.807, 2.05) is 37.3 Å². The van der Waals surface area contributed by atoms with Gasteiger partial charge in [-0.3, -0.25) is 4.79 Å². The number of amides is 1. The van der Waals surface area contributed by atoms with Crippen molar-refractivity contribution in [1.82, 2.24) is 10.6 Å². The average Bonchev–Trinajstić information content (AvgIpc) is 3.29. The van der Waals surface area contributed by atoms with E-state index in [1.165, 1.54) is 15.3 Å². The molecule has 0 spiro atoms. The second-order valence-corrected chi connectivity index (χ2v) is 8.78. The lowest BCUT2D eigenvalue weighted by Gasteiger charge is -2.26. The maximum absolute atomic E-state index is 12.1. The van der Waals surface area contributed by atoms with Gasteiger partial charge in [0.25, 0.3) is 0 Å². The summed E-state index contributed by atoms with van der Waals surface area (Å²) in [7, 11) is 1.67. The van der Waals surface area contributed by atoms with Crippen LogP contribution < -0.4 is 20.7 Å². The zero-order chi connectivity index (χ0) is 22.3. The molecule has 0 aliphatic carbocycles. The summed E-state index contributed by atoms with van der Waals surface area (Å²) in [6.45, 7) is 4.07. The van der Waals surface area contributed by atoms with Crippen LogP contribution in [0.5, 0.6) is 5.75 Å². The van der Waals surface area contributed by atoms with Crippen molar-refractivity contribution in [1.29, 1.82) is 0 Å². The van der Waals surface area contributed by atoms with Crippen molar-refractivity contribution in [3.63, 3.8) is 0 Å². The first-order valence-electron chi connectivity index (χ1n) is 10.8. The molecule has 32 heavy (non-hydrogen) atoms. The Morgan fingerprint density at radius 3 is 2.72 bits per heavy atom. The number of hydrogen-bond acceptors (Lipinski definition) is 4. The van der Waals surface area contributed by atoms with Gasteiger partial charge in [-0.25, -0.2) is 4.99 Å². The Labute approximate surface area is 192 Å². The van der Waals surface area contributed by atoms with Crippen LogP contribution in [-0.2, 0) is 11.3 Å². The third-order valence-corrected chi connectivity index (χ3v) is 6.51. The van der Waals surface area contributed by atoms with Crippen LogP contribution in [0, 0.1) is 0 Å². The van der Waals surface area contributed by atoms with E-state index in [2.05, 4.69) is 46.3 Å². The molecule has 0 fully saturated rings. The number of nitrogens with zero attached hydrogens (tertiary/aromatic N) is 1. The predicted molar refractivity (Wildman–Crippen MR) is 132 cm³/mol. The van der Waals surface area contributed by atoms with E-state index in [4.69, 9.17) is 9.73 Å². The third kappa shape index (κ3) is 5.29. The van der Waals surface area contributed by atoms with Gasteiger partial charge in [0.05, 0.1) is 13.7 Å². The Morgan fingerprint density at radius 1 is 1.12 bits per heavy atom. The van der Waals surface area contributed by atoms with Gasteiger partial charge in [-0.2, -0.15) is 0 Å². The van der Waals surface area contributed by atoms with Crippen LogP contribution in [0.25, 0.3) is 10.4 Å². The van der Waals surface area contributed by atoms with Crippen LogP contribution in [-0.4, -0.2) is 32.1 Å².